The highest BCUT2D eigenvalue weighted by Crippen LogP contribution is 2.05. The highest BCUT2D eigenvalue weighted by molar-refractivity contribution is 7.86. The molecule has 0 aliphatic carbocycles. The second-order valence-corrected chi connectivity index (χ2v) is 2.47. The molecule has 0 aromatic rings. The summed E-state index contributed by atoms with van der Waals surface area (Å²) in [6, 6.07) is 0. The Bertz CT molecular complexity index is 161. The highest BCUT2D eigenvalue weighted by atomic mass is 32.2. The van der Waals surface area contributed by atoms with E-state index in [1.165, 1.54) is 0 Å². The van der Waals surface area contributed by atoms with E-state index in [1.807, 2.05) is 0 Å². The molecule has 7 heteroatoms. The van der Waals surface area contributed by atoms with Gasteiger partial charge in [-0.15, -0.1) is 4.33 Å². The summed E-state index contributed by atoms with van der Waals surface area (Å²) in [4.78, 5) is 3.50. The van der Waals surface area contributed by atoms with Crippen molar-refractivity contribution in [3.63, 3.8) is 0 Å². The third kappa shape index (κ3) is 2.68. The average molecular weight is 162 g/mol. The van der Waals surface area contributed by atoms with Gasteiger partial charge in [0, 0.05) is 0 Å². The first-order chi connectivity index (χ1) is 4.00. The predicted octanol–water partition coefficient (Wildman–Crippen LogP) is 0.117. The minimum Gasteiger partial charge on any atom is -0.223 e. The Balaban J connectivity index is 4.05. The molecule has 0 rings (SSSR count). The van der Waals surface area contributed by atoms with Crippen LogP contribution in [0.5, 0.6) is 0 Å². The number of rotatable bonds is 3. The fraction of sp³-hybridized carbons (Fsp3) is 1.00. The van der Waals surface area contributed by atoms with E-state index >= 15 is 0 Å². The molecule has 9 heavy (non-hydrogen) atoms. The van der Waals surface area contributed by atoms with Crippen LogP contribution in [0.3, 0.4) is 0 Å². The Morgan fingerprint density at radius 3 is 2.00 bits per heavy atom. The summed E-state index contributed by atoms with van der Waals surface area (Å²) in [7, 11) is -3.98. The topological polar surface area (TPSA) is 52.6 Å². The van der Waals surface area contributed by atoms with Crippen molar-refractivity contribution in [2.24, 2.45) is 0 Å². The predicted molar refractivity (Wildman–Crippen MR) is 23.0 cm³/mol. The molecule has 0 aromatic carbocycles. The van der Waals surface area contributed by atoms with Crippen LogP contribution in [-0.2, 0) is 19.3 Å². The molecule has 0 spiro atoms. The van der Waals surface area contributed by atoms with E-state index < -0.39 is 15.9 Å². The molecule has 0 saturated heterocycles. The van der Waals surface area contributed by atoms with Crippen LogP contribution in [0.25, 0.3) is 0 Å². The van der Waals surface area contributed by atoms with E-state index in [-0.39, 0.29) is 0 Å². The summed E-state index contributed by atoms with van der Waals surface area (Å²) >= 11 is 0. The summed E-state index contributed by atoms with van der Waals surface area (Å²) in [5, 5.41) is 0. The zero-order valence-corrected chi connectivity index (χ0v) is 5.19. The van der Waals surface area contributed by atoms with Gasteiger partial charge in [0.15, 0.2) is 0 Å². The van der Waals surface area contributed by atoms with Gasteiger partial charge in [-0.1, -0.05) is 0 Å². The molecule has 0 radical (unpaired) electrons. The van der Waals surface area contributed by atoms with Crippen LogP contribution in [0.15, 0.2) is 0 Å². The van der Waals surface area contributed by atoms with E-state index in [0.29, 0.717) is 0 Å². The minimum absolute atomic E-state index is 0.819. The normalized spacial score (nSPS) is 12.4. The van der Waals surface area contributed by atoms with Crippen LogP contribution in [0.1, 0.15) is 0 Å². The quantitative estimate of drug-likeness (QED) is 0.436. The van der Waals surface area contributed by atoms with Crippen LogP contribution in [0.4, 0.5) is 8.78 Å². The lowest BCUT2D eigenvalue weighted by molar-refractivity contribution is -0.176. The second-order valence-electron chi connectivity index (χ2n) is 0.988. The molecule has 0 amide bonds. The van der Waals surface area contributed by atoms with Gasteiger partial charge >= 0.3 is 15.9 Å². The van der Waals surface area contributed by atoms with Gasteiger partial charge in [0.25, 0.3) is 0 Å². The zero-order valence-electron chi connectivity index (χ0n) is 4.37. The molecule has 0 N–H and O–H groups in total. The lowest BCUT2D eigenvalue weighted by Crippen LogP contribution is -2.13. The molecule has 0 bridgehead atoms. The first kappa shape index (κ1) is 8.73. The Labute approximate surface area is 50.4 Å². The van der Waals surface area contributed by atoms with E-state index in [2.05, 4.69) is 9.22 Å². The Hall–Kier alpha value is -0.270. The molecule has 56 valence electrons. The van der Waals surface area contributed by atoms with Gasteiger partial charge in [0.05, 0.1) is 7.11 Å². The molecule has 0 unspecified atom stereocenters. The first-order valence-corrected chi connectivity index (χ1v) is 3.22. The summed E-state index contributed by atoms with van der Waals surface area (Å²) in [5.74, 6) is -3.56. The Morgan fingerprint density at radius 2 is 1.89 bits per heavy atom. The van der Waals surface area contributed by atoms with E-state index in [4.69, 9.17) is 0 Å². The van der Waals surface area contributed by atoms with E-state index in [1.54, 1.807) is 0 Å². The first-order valence-electron chi connectivity index (χ1n) is 1.75. The van der Waals surface area contributed by atoms with E-state index in [9.17, 15) is 17.2 Å². The molecular weight excluding hydrogens is 158 g/mol. The monoisotopic (exact) mass is 162 g/mol. The fourth-order valence-corrected chi connectivity index (χ4v) is 0.374. The van der Waals surface area contributed by atoms with Crippen LogP contribution in [-0.4, -0.2) is 21.3 Å². The number of alkyl halides is 2. The van der Waals surface area contributed by atoms with Crippen molar-refractivity contribution in [1.82, 2.24) is 0 Å². The van der Waals surface area contributed by atoms with Crippen LogP contribution in [0, 0.1) is 0 Å². The van der Waals surface area contributed by atoms with Crippen molar-refractivity contribution in [1.29, 1.82) is 0 Å². The van der Waals surface area contributed by atoms with Crippen molar-refractivity contribution in [3.05, 3.63) is 0 Å². The fourth-order valence-electron chi connectivity index (χ4n) is 0.125. The third-order valence-corrected chi connectivity index (χ3v) is 1.14. The van der Waals surface area contributed by atoms with Gasteiger partial charge in [-0.25, -0.2) is 4.89 Å². The van der Waals surface area contributed by atoms with Crippen LogP contribution >= 0.6 is 0 Å². The Morgan fingerprint density at radius 1 is 1.44 bits per heavy atom. The molecule has 0 saturated carbocycles. The molecular formula is C2H4F2O4S. The smallest absolute Gasteiger partial charge is 0.223 e. The van der Waals surface area contributed by atoms with Crippen molar-refractivity contribution < 1.29 is 26.4 Å². The summed E-state index contributed by atoms with van der Waals surface area (Å²) in [5.41, 5.74) is 0. The van der Waals surface area contributed by atoms with Crippen molar-refractivity contribution in [2.45, 2.75) is 5.76 Å². The second kappa shape index (κ2) is 3.04. The average Bonchev–Trinajstić information content (AvgIpc) is 1.65. The van der Waals surface area contributed by atoms with Gasteiger partial charge in [-0.3, -0.25) is 0 Å². The van der Waals surface area contributed by atoms with Crippen LogP contribution in [0.2, 0.25) is 0 Å². The lowest BCUT2D eigenvalue weighted by Gasteiger charge is -1.97. The zero-order chi connectivity index (χ0) is 7.49. The maximum absolute atomic E-state index is 11.2. The number of hydrogen-bond acceptors (Lipinski definition) is 4. The maximum Gasteiger partial charge on any atom is 0.363 e. The van der Waals surface area contributed by atoms with Gasteiger partial charge in [0.1, 0.15) is 0 Å². The largest absolute Gasteiger partial charge is 0.363 e. The molecule has 0 aromatic heterocycles. The molecule has 0 heterocycles. The third-order valence-electron chi connectivity index (χ3n) is 0.381. The van der Waals surface area contributed by atoms with Crippen molar-refractivity contribution in [3.8, 4) is 0 Å². The SMILES string of the molecule is COOS(=O)(=O)C(F)F. The maximum atomic E-state index is 11.2. The Kier molecular flexibility index (Phi) is 2.95. The van der Waals surface area contributed by atoms with Crippen LogP contribution < -0.4 is 0 Å². The van der Waals surface area contributed by atoms with Crippen molar-refractivity contribution >= 4 is 10.1 Å². The molecule has 0 aliphatic heterocycles. The molecule has 0 aliphatic rings. The van der Waals surface area contributed by atoms with Crippen molar-refractivity contribution in [2.75, 3.05) is 7.11 Å². The molecule has 0 fully saturated rings. The van der Waals surface area contributed by atoms with Gasteiger partial charge in [-0.05, 0) is 0 Å². The van der Waals surface area contributed by atoms with Gasteiger partial charge in [0.2, 0.25) is 0 Å². The lowest BCUT2D eigenvalue weighted by atomic mass is 11.7. The summed E-state index contributed by atoms with van der Waals surface area (Å²) < 4.78 is 45.3. The minimum atomic E-state index is -4.80. The summed E-state index contributed by atoms with van der Waals surface area (Å²) in [6.45, 7) is 0. The number of hydrogen-bond donors (Lipinski definition) is 0. The van der Waals surface area contributed by atoms with E-state index in [0.717, 1.165) is 7.11 Å². The molecule has 4 nitrogen and oxygen atoms in total. The van der Waals surface area contributed by atoms with Gasteiger partial charge in [-0.2, -0.15) is 17.2 Å². The number of halogens is 2. The molecule has 0 atom stereocenters. The standard InChI is InChI=1S/C2H4F2O4S/c1-7-8-9(5,6)2(3)4/h2H,1H3. The summed E-state index contributed by atoms with van der Waals surface area (Å²) in [6.07, 6.45) is 0. The van der Waals surface area contributed by atoms with Gasteiger partial charge < -0.3 is 0 Å². The highest BCUT2D eigenvalue weighted by Gasteiger charge is 2.25.